The van der Waals surface area contributed by atoms with E-state index in [0.29, 0.717) is 17.4 Å². The number of aliphatic hydroxyl groups is 1. The summed E-state index contributed by atoms with van der Waals surface area (Å²) >= 11 is 0. The molecular weight excluding hydrogens is 936 g/mol. The summed E-state index contributed by atoms with van der Waals surface area (Å²) in [4.78, 5) is 23.3. The molecular formula is C65H126N2O6P+. The predicted octanol–water partition coefficient (Wildman–Crippen LogP) is 19.9. The Morgan fingerprint density at radius 2 is 0.784 bits per heavy atom. The third kappa shape index (κ3) is 58.1. The summed E-state index contributed by atoms with van der Waals surface area (Å²) in [6.07, 6.45) is 75.3. The fourth-order valence-corrected chi connectivity index (χ4v) is 10.2. The number of quaternary nitrogens is 1. The second kappa shape index (κ2) is 56.2. The van der Waals surface area contributed by atoms with Crippen LogP contribution in [0.5, 0.6) is 0 Å². The van der Waals surface area contributed by atoms with Crippen LogP contribution in [-0.4, -0.2) is 73.4 Å². The molecule has 3 unspecified atom stereocenters. The first-order chi connectivity index (χ1) is 36.0. The van der Waals surface area contributed by atoms with Crippen LogP contribution in [0.15, 0.2) is 48.6 Å². The lowest BCUT2D eigenvalue weighted by molar-refractivity contribution is -0.870. The van der Waals surface area contributed by atoms with E-state index in [9.17, 15) is 19.4 Å². The zero-order chi connectivity index (χ0) is 54.2. The van der Waals surface area contributed by atoms with Gasteiger partial charge in [0.1, 0.15) is 13.2 Å². The van der Waals surface area contributed by atoms with Crippen molar-refractivity contribution in [2.45, 2.75) is 321 Å². The smallest absolute Gasteiger partial charge is 0.387 e. The third-order valence-electron chi connectivity index (χ3n) is 14.5. The minimum Gasteiger partial charge on any atom is -0.387 e. The summed E-state index contributed by atoms with van der Waals surface area (Å²) in [7, 11) is 1.56. The molecule has 0 saturated carbocycles. The highest BCUT2D eigenvalue weighted by Gasteiger charge is 2.27. The minimum absolute atomic E-state index is 0.0566. The van der Waals surface area contributed by atoms with Crippen molar-refractivity contribution in [1.82, 2.24) is 5.32 Å². The van der Waals surface area contributed by atoms with E-state index in [1.807, 2.05) is 27.2 Å². The van der Waals surface area contributed by atoms with Crippen LogP contribution >= 0.6 is 7.82 Å². The van der Waals surface area contributed by atoms with Crippen LogP contribution in [0.3, 0.4) is 0 Å². The molecule has 0 radical (unpaired) electrons. The standard InChI is InChI=1S/C65H125N2O6P/c1-6-8-10-12-14-16-18-20-22-24-25-26-27-28-29-30-31-32-33-34-35-36-37-38-39-40-41-43-45-47-49-51-53-55-57-59-65(69)66-63(62-73-74(70,71)72-61-60-67(3,4)5)64(68)58-56-54-52-50-48-46-44-42-23-21-19-17-15-13-11-9-7-2/h27-28,30-31,48,50,56,58,63-64,68H,6-26,29,32-47,49,51-55,57,59-62H2,1-5H3,(H-,66,69,70,71)/p+1/b28-27-,31-30-,50-48+,58-56+. The fourth-order valence-electron chi connectivity index (χ4n) is 9.50. The number of phosphoric acid groups is 1. The number of carbonyl (C=O) groups is 1. The lowest BCUT2D eigenvalue weighted by atomic mass is 10.0. The van der Waals surface area contributed by atoms with Gasteiger partial charge < -0.3 is 19.8 Å². The zero-order valence-electron chi connectivity index (χ0n) is 49.8. The Hall–Kier alpha value is -1.54. The predicted molar refractivity (Wildman–Crippen MR) is 323 cm³/mol. The highest BCUT2D eigenvalue weighted by molar-refractivity contribution is 7.47. The number of aliphatic hydroxyl groups excluding tert-OH is 1. The first kappa shape index (κ1) is 72.5. The molecule has 74 heavy (non-hydrogen) atoms. The summed E-state index contributed by atoms with van der Waals surface area (Å²) in [6, 6.07) is -0.864. The molecule has 436 valence electrons. The molecule has 9 heteroatoms. The Bertz CT molecular complexity index is 1340. The monoisotopic (exact) mass is 1060 g/mol. The second-order valence-corrected chi connectivity index (χ2v) is 24.6. The van der Waals surface area contributed by atoms with Crippen LogP contribution < -0.4 is 5.32 Å². The maximum Gasteiger partial charge on any atom is 0.472 e. The molecule has 0 spiro atoms. The van der Waals surface area contributed by atoms with Crippen LogP contribution in [0.1, 0.15) is 309 Å². The SMILES string of the molecule is CCCCCCCCCCCCC/C=C\C/C=C\CCCCCCCCCCCCCCCCCCCC(=O)NC(COP(=O)(O)OCC[N+](C)(C)C)C(O)/C=C/CC/C=C/CCCCCCCCCCCCC. The van der Waals surface area contributed by atoms with Gasteiger partial charge in [0.25, 0.3) is 0 Å². The van der Waals surface area contributed by atoms with Crippen LogP contribution in [-0.2, 0) is 18.4 Å². The average molecular weight is 1060 g/mol. The van der Waals surface area contributed by atoms with Crippen molar-refractivity contribution in [2.75, 3.05) is 40.9 Å². The number of unbranched alkanes of at least 4 members (excludes halogenated alkanes) is 40. The second-order valence-electron chi connectivity index (χ2n) is 23.1. The molecule has 0 aliphatic heterocycles. The Morgan fingerprint density at radius 1 is 0.459 bits per heavy atom. The van der Waals surface area contributed by atoms with Gasteiger partial charge >= 0.3 is 7.82 Å². The first-order valence-corrected chi connectivity index (χ1v) is 33.5. The van der Waals surface area contributed by atoms with E-state index in [2.05, 4.69) is 55.6 Å². The van der Waals surface area contributed by atoms with Crippen molar-refractivity contribution in [3.63, 3.8) is 0 Å². The zero-order valence-corrected chi connectivity index (χ0v) is 50.7. The number of amides is 1. The average Bonchev–Trinajstić information content (AvgIpc) is 3.36. The molecule has 3 N–H and O–H groups in total. The van der Waals surface area contributed by atoms with Crippen LogP contribution in [0.2, 0.25) is 0 Å². The molecule has 3 atom stereocenters. The number of allylic oxidation sites excluding steroid dienone is 7. The number of phosphoric ester groups is 1. The van der Waals surface area contributed by atoms with Gasteiger partial charge in [0.05, 0.1) is 39.9 Å². The van der Waals surface area contributed by atoms with Crippen molar-refractivity contribution >= 4 is 13.7 Å². The van der Waals surface area contributed by atoms with Gasteiger partial charge in [-0.05, 0) is 64.2 Å². The quantitative estimate of drug-likeness (QED) is 0.0243. The van der Waals surface area contributed by atoms with E-state index >= 15 is 0 Å². The van der Waals surface area contributed by atoms with Crippen LogP contribution in [0.4, 0.5) is 0 Å². The molecule has 8 nitrogen and oxygen atoms in total. The first-order valence-electron chi connectivity index (χ1n) is 32.0. The van der Waals surface area contributed by atoms with E-state index in [4.69, 9.17) is 9.05 Å². The molecule has 0 aliphatic carbocycles. The van der Waals surface area contributed by atoms with Crippen molar-refractivity contribution in [3.8, 4) is 0 Å². The lowest BCUT2D eigenvalue weighted by Crippen LogP contribution is -2.45. The highest BCUT2D eigenvalue weighted by atomic mass is 31.2. The van der Waals surface area contributed by atoms with E-state index in [1.165, 1.54) is 244 Å². The molecule has 0 aromatic carbocycles. The molecule has 0 rings (SSSR count). The van der Waals surface area contributed by atoms with E-state index < -0.39 is 20.0 Å². The summed E-state index contributed by atoms with van der Waals surface area (Å²) in [6.45, 7) is 4.83. The maximum atomic E-state index is 13.0. The Balaban J connectivity index is 4.03. The largest absolute Gasteiger partial charge is 0.472 e. The number of hydrogen-bond acceptors (Lipinski definition) is 5. The molecule has 0 aliphatic rings. The number of rotatable bonds is 59. The van der Waals surface area contributed by atoms with Gasteiger partial charge in [-0.3, -0.25) is 13.8 Å². The van der Waals surface area contributed by atoms with Gasteiger partial charge in [-0.1, -0.05) is 287 Å². The number of hydrogen-bond donors (Lipinski definition) is 3. The summed E-state index contributed by atoms with van der Waals surface area (Å²) in [5.74, 6) is -0.183. The topological polar surface area (TPSA) is 105 Å². The van der Waals surface area contributed by atoms with E-state index in [-0.39, 0.29) is 19.1 Å². The summed E-state index contributed by atoms with van der Waals surface area (Å²) in [5, 5.41) is 13.9. The van der Waals surface area contributed by atoms with Gasteiger partial charge in [0.15, 0.2) is 0 Å². The number of nitrogens with zero attached hydrogens (tertiary/aromatic N) is 1. The van der Waals surface area contributed by atoms with E-state index in [1.54, 1.807) is 6.08 Å². The van der Waals surface area contributed by atoms with Crippen molar-refractivity contribution < 1.29 is 32.9 Å². The Kier molecular flexibility index (Phi) is 55.0. The van der Waals surface area contributed by atoms with Crippen molar-refractivity contribution in [3.05, 3.63) is 48.6 Å². The summed E-state index contributed by atoms with van der Waals surface area (Å²) < 4.78 is 23.7. The number of carbonyl (C=O) groups excluding carboxylic acids is 1. The Labute approximate surface area is 460 Å². The number of likely N-dealkylation sites (N-methyl/N-ethyl adjacent to an activating group) is 1. The molecule has 0 heterocycles. The lowest BCUT2D eigenvalue weighted by Gasteiger charge is -2.25. The fraction of sp³-hybridized carbons (Fsp3) is 0.862. The van der Waals surface area contributed by atoms with E-state index in [0.717, 1.165) is 44.9 Å². The van der Waals surface area contributed by atoms with Crippen molar-refractivity contribution in [1.29, 1.82) is 0 Å². The Morgan fingerprint density at radius 3 is 1.16 bits per heavy atom. The molecule has 0 fully saturated rings. The van der Waals surface area contributed by atoms with Gasteiger partial charge in [-0.2, -0.15) is 0 Å². The van der Waals surface area contributed by atoms with Gasteiger partial charge in [0.2, 0.25) is 5.91 Å². The van der Waals surface area contributed by atoms with Crippen LogP contribution in [0.25, 0.3) is 0 Å². The maximum absolute atomic E-state index is 13.0. The molecule has 0 aromatic rings. The molecule has 0 aromatic heterocycles. The highest BCUT2D eigenvalue weighted by Crippen LogP contribution is 2.43. The molecule has 1 amide bonds. The van der Waals surface area contributed by atoms with Crippen molar-refractivity contribution in [2.24, 2.45) is 0 Å². The van der Waals surface area contributed by atoms with Gasteiger partial charge in [-0.25, -0.2) is 4.57 Å². The molecule has 0 saturated heterocycles. The minimum atomic E-state index is -4.36. The number of nitrogens with one attached hydrogen (secondary N) is 1. The van der Waals surface area contributed by atoms with Gasteiger partial charge in [0, 0.05) is 6.42 Å². The normalized spacial score (nSPS) is 14.1. The van der Waals surface area contributed by atoms with Gasteiger partial charge in [-0.15, -0.1) is 0 Å². The summed E-state index contributed by atoms with van der Waals surface area (Å²) in [5.41, 5.74) is 0. The molecule has 0 bridgehead atoms. The van der Waals surface area contributed by atoms with Crippen LogP contribution in [0, 0.1) is 0 Å². The third-order valence-corrected chi connectivity index (χ3v) is 15.5.